The van der Waals surface area contributed by atoms with Gasteiger partial charge in [0.1, 0.15) is 4.90 Å². The minimum Gasteiger partial charge on any atom is -0.310 e. The van der Waals surface area contributed by atoms with Crippen molar-refractivity contribution in [3.63, 3.8) is 0 Å². The molecule has 0 heterocycles. The van der Waals surface area contributed by atoms with Crippen molar-refractivity contribution in [3.05, 3.63) is 90.5 Å². The molecule has 0 atom stereocenters. The molecule has 3 aromatic carbocycles. The van der Waals surface area contributed by atoms with Crippen LogP contribution in [0.15, 0.2) is 114 Å². The number of hydrogen-bond acceptors (Lipinski definition) is 9. The van der Waals surface area contributed by atoms with Gasteiger partial charge in [0.25, 0.3) is 20.2 Å². The Balaban J connectivity index is 1.76. The van der Waals surface area contributed by atoms with Gasteiger partial charge in [0.2, 0.25) is 9.84 Å². The summed E-state index contributed by atoms with van der Waals surface area (Å²) in [4.78, 5) is -1.08. The van der Waals surface area contributed by atoms with Crippen molar-refractivity contribution >= 4 is 47.4 Å². The van der Waals surface area contributed by atoms with Crippen LogP contribution in [0.5, 0.6) is 0 Å². The van der Waals surface area contributed by atoms with Crippen molar-refractivity contribution in [1.29, 1.82) is 0 Å². The van der Waals surface area contributed by atoms with E-state index in [1.807, 2.05) is 0 Å². The van der Waals surface area contributed by atoms with Gasteiger partial charge in [-0.05, 0) is 60.2 Å². The second-order valence-corrected chi connectivity index (χ2v) is 14.3. The number of hydrogen-bond donors (Lipinski definition) is 4. The molecular weight excluding hydrogens is 573 g/mol. The van der Waals surface area contributed by atoms with Gasteiger partial charge in [-0.15, -0.1) is 0 Å². The van der Waals surface area contributed by atoms with Crippen LogP contribution in [0, 0.1) is 0 Å². The van der Waals surface area contributed by atoms with E-state index < -0.39 is 40.6 Å². The molecule has 0 unspecified atom stereocenters. The van der Waals surface area contributed by atoms with Crippen molar-refractivity contribution < 1.29 is 34.4 Å². The highest BCUT2D eigenvalue weighted by atomic mass is 32.2. The highest BCUT2D eigenvalue weighted by molar-refractivity contribution is 8.00. The van der Waals surface area contributed by atoms with E-state index in [-0.39, 0.29) is 26.0 Å². The Morgan fingerprint density at radius 3 is 1.97 bits per heavy atom. The van der Waals surface area contributed by atoms with Crippen molar-refractivity contribution in [1.82, 2.24) is 0 Å². The number of benzene rings is 3. The highest BCUT2D eigenvalue weighted by Crippen LogP contribution is 2.37. The smallest absolute Gasteiger partial charge is 0.295 e. The van der Waals surface area contributed by atoms with Gasteiger partial charge in [-0.1, -0.05) is 42.1 Å². The minimum absolute atomic E-state index is 0.000468. The van der Waals surface area contributed by atoms with Crippen molar-refractivity contribution in [2.24, 2.45) is 11.5 Å². The first kappa shape index (κ1) is 28.2. The molecule has 0 spiro atoms. The Hall–Kier alpha value is -2.82. The van der Waals surface area contributed by atoms with Crippen LogP contribution in [-0.4, -0.2) is 40.0 Å². The van der Waals surface area contributed by atoms with E-state index in [4.69, 9.17) is 16.0 Å². The maximum absolute atomic E-state index is 13.6. The molecule has 0 saturated carbocycles. The van der Waals surface area contributed by atoms with E-state index in [1.54, 1.807) is 30.4 Å². The molecule has 1 aliphatic rings. The number of sulfone groups is 1. The zero-order valence-electron chi connectivity index (χ0n) is 19.4. The van der Waals surface area contributed by atoms with Gasteiger partial charge in [0.15, 0.2) is 0 Å². The van der Waals surface area contributed by atoms with Gasteiger partial charge in [0, 0.05) is 21.8 Å². The molecule has 1 aliphatic carbocycles. The van der Waals surface area contributed by atoms with Crippen LogP contribution >= 0.6 is 11.8 Å². The molecule has 0 aromatic heterocycles. The Labute approximate surface area is 224 Å². The second kappa shape index (κ2) is 10.1. The molecule has 0 saturated heterocycles. The first-order valence-corrected chi connectivity index (χ1v) is 15.9. The Morgan fingerprint density at radius 2 is 1.39 bits per heavy atom. The van der Waals surface area contributed by atoms with E-state index in [2.05, 4.69) is 0 Å². The van der Waals surface area contributed by atoms with E-state index >= 15 is 0 Å². The van der Waals surface area contributed by atoms with Gasteiger partial charge in [-0.3, -0.25) is 9.11 Å². The predicted octanol–water partition coefficient (Wildman–Crippen LogP) is 3.12. The molecular formula is C24H22N2O8S4. The zero-order chi connectivity index (χ0) is 27.9. The lowest BCUT2D eigenvalue weighted by molar-refractivity contribution is 0.479. The third-order valence-corrected chi connectivity index (χ3v) is 10.4. The largest absolute Gasteiger partial charge is 0.310 e. The van der Waals surface area contributed by atoms with E-state index in [0.29, 0.717) is 16.0 Å². The molecule has 38 heavy (non-hydrogen) atoms. The van der Waals surface area contributed by atoms with Gasteiger partial charge in [-0.2, -0.15) is 16.8 Å². The van der Waals surface area contributed by atoms with Crippen molar-refractivity contribution in [2.45, 2.75) is 41.5 Å². The summed E-state index contributed by atoms with van der Waals surface area (Å²) in [5.74, 6) is 0. The molecule has 0 radical (unpaired) electrons. The van der Waals surface area contributed by atoms with Crippen molar-refractivity contribution in [3.8, 4) is 0 Å². The Bertz CT molecular complexity index is 1790. The quantitative estimate of drug-likeness (QED) is 0.232. The van der Waals surface area contributed by atoms with Gasteiger partial charge in [0.05, 0.1) is 20.3 Å². The number of nitrogens with two attached hydrogens (primary N) is 2. The van der Waals surface area contributed by atoms with E-state index in [9.17, 15) is 29.8 Å². The molecule has 0 bridgehead atoms. The van der Waals surface area contributed by atoms with Crippen LogP contribution in [0.3, 0.4) is 0 Å². The Kier molecular flexibility index (Phi) is 7.46. The summed E-state index contributed by atoms with van der Waals surface area (Å²) in [5, 5.41) is 0. The summed E-state index contributed by atoms with van der Waals surface area (Å²) >= 11 is 0.849. The third kappa shape index (κ3) is 6.08. The van der Waals surface area contributed by atoms with Gasteiger partial charge >= 0.3 is 0 Å². The maximum Gasteiger partial charge on any atom is 0.295 e. The molecule has 0 amide bonds. The normalized spacial score (nSPS) is 15.7. The maximum atomic E-state index is 13.6. The van der Waals surface area contributed by atoms with Crippen LogP contribution in [0.4, 0.5) is 0 Å². The fraction of sp³-hybridized carbons (Fsp3) is 0.0833. The van der Waals surface area contributed by atoms with Crippen LogP contribution in [0.2, 0.25) is 0 Å². The van der Waals surface area contributed by atoms with Gasteiger partial charge in [-0.25, -0.2) is 8.42 Å². The molecule has 3 aromatic rings. The molecule has 6 N–H and O–H groups in total. The summed E-state index contributed by atoms with van der Waals surface area (Å²) in [6.45, 7) is 0. The van der Waals surface area contributed by atoms with E-state index in [0.717, 1.165) is 30.0 Å². The molecule has 0 fully saturated rings. The molecule has 200 valence electrons. The topological polar surface area (TPSA) is 195 Å². The first-order chi connectivity index (χ1) is 17.6. The lowest BCUT2D eigenvalue weighted by Gasteiger charge is -2.23. The summed E-state index contributed by atoms with van der Waals surface area (Å²) in [5.41, 5.74) is 11.7. The molecule has 4 rings (SSSR count). The monoisotopic (exact) mass is 594 g/mol. The van der Waals surface area contributed by atoms with Crippen LogP contribution in [-0.2, 0) is 30.1 Å². The lowest BCUT2D eigenvalue weighted by Crippen LogP contribution is -2.47. The van der Waals surface area contributed by atoms with Crippen LogP contribution in [0.1, 0.15) is 12.0 Å². The van der Waals surface area contributed by atoms with E-state index in [1.165, 1.54) is 36.4 Å². The fourth-order valence-corrected chi connectivity index (χ4v) is 7.60. The third-order valence-electron chi connectivity index (χ3n) is 5.59. The average Bonchev–Trinajstić information content (AvgIpc) is 2.83. The summed E-state index contributed by atoms with van der Waals surface area (Å²) < 4.78 is 93.2. The molecule has 0 aliphatic heterocycles. The molecule has 10 nitrogen and oxygen atoms in total. The van der Waals surface area contributed by atoms with Gasteiger partial charge < -0.3 is 11.5 Å². The van der Waals surface area contributed by atoms with Crippen LogP contribution in [0.25, 0.3) is 5.57 Å². The summed E-state index contributed by atoms with van der Waals surface area (Å²) in [7, 11) is -13.5. The van der Waals surface area contributed by atoms with Crippen LogP contribution < -0.4 is 11.5 Å². The average molecular weight is 595 g/mol. The highest BCUT2D eigenvalue weighted by Gasteiger charge is 2.27. The standard InChI is InChI=1S/C24H22N2O8S4/c25-24(26)13-11-16(12-14-24)20-3-1-2-4-22(20)36(27,28)19-9-10-21(23(15-19)38(32,33)34)35-17-5-7-18(8-6-17)37(29,30)31/h1-13,15H,14,25-26H2,(H,29,30,31)(H,32,33,34). The first-order valence-electron chi connectivity index (χ1n) is 10.8. The number of rotatable bonds is 7. The lowest BCUT2D eigenvalue weighted by atomic mass is 9.94. The second-order valence-electron chi connectivity index (χ2n) is 8.44. The summed E-state index contributed by atoms with van der Waals surface area (Å²) in [6, 6.07) is 14.4. The fourth-order valence-electron chi connectivity index (χ4n) is 3.68. The Morgan fingerprint density at radius 1 is 0.763 bits per heavy atom. The predicted molar refractivity (Wildman–Crippen MR) is 141 cm³/mol. The molecule has 14 heteroatoms. The minimum atomic E-state index is -4.87. The van der Waals surface area contributed by atoms with Crippen molar-refractivity contribution in [2.75, 3.05) is 0 Å². The summed E-state index contributed by atoms with van der Waals surface area (Å²) in [6.07, 6.45) is 5.17. The zero-order valence-corrected chi connectivity index (χ0v) is 22.7. The SMILES string of the molecule is NC1(N)C=CC(c2ccccc2S(=O)(=O)c2ccc(Sc3ccc(S(=O)(=O)O)cc3)c(S(=O)(=O)O)c2)=CC1. The number of allylic oxidation sites excluding steroid dienone is 2.